The summed E-state index contributed by atoms with van der Waals surface area (Å²) in [5, 5.41) is 6.01. The van der Waals surface area contributed by atoms with Crippen LogP contribution >= 0.6 is 0 Å². The van der Waals surface area contributed by atoms with E-state index in [-0.39, 0.29) is 17.6 Å². The first-order valence-electron chi connectivity index (χ1n) is 7.07. The van der Waals surface area contributed by atoms with Crippen molar-refractivity contribution in [3.63, 3.8) is 0 Å². The van der Waals surface area contributed by atoms with Crippen molar-refractivity contribution < 1.29 is 9.59 Å². The molecule has 2 aromatic carbocycles. The minimum absolute atomic E-state index is 0.121. The standard InChI is InChI=1S/C17H16N2O2/c1-3-10(2)17(21)19-18-15-12-8-4-6-11-7-5-9-13(14(11)12)16(15)20/h4-10H,3H2,1-2H3,(H,19,21). The van der Waals surface area contributed by atoms with Crippen molar-refractivity contribution in [3.05, 3.63) is 47.5 Å². The number of benzene rings is 2. The molecule has 1 aliphatic carbocycles. The van der Waals surface area contributed by atoms with Crippen LogP contribution in [0, 0.1) is 5.92 Å². The van der Waals surface area contributed by atoms with Gasteiger partial charge in [0.15, 0.2) is 0 Å². The number of nitrogens with one attached hydrogen (secondary N) is 1. The lowest BCUT2D eigenvalue weighted by atomic mass is 10.1. The number of carbonyl (C=O) groups is 2. The Morgan fingerprint density at radius 1 is 1.19 bits per heavy atom. The van der Waals surface area contributed by atoms with E-state index in [0.717, 1.165) is 22.8 Å². The number of hydrogen-bond acceptors (Lipinski definition) is 3. The molecule has 0 fully saturated rings. The lowest BCUT2D eigenvalue weighted by Crippen LogP contribution is -2.26. The molecule has 1 N–H and O–H groups in total. The highest BCUT2D eigenvalue weighted by molar-refractivity contribution is 6.59. The number of amides is 1. The minimum atomic E-state index is -0.166. The van der Waals surface area contributed by atoms with Crippen LogP contribution < -0.4 is 5.43 Å². The summed E-state index contributed by atoms with van der Waals surface area (Å²) in [6.45, 7) is 3.77. The quantitative estimate of drug-likeness (QED) is 0.879. The Hall–Kier alpha value is -2.49. The Morgan fingerprint density at radius 3 is 2.52 bits per heavy atom. The van der Waals surface area contributed by atoms with Crippen LogP contribution in [-0.2, 0) is 4.79 Å². The highest BCUT2D eigenvalue weighted by atomic mass is 16.2. The molecule has 0 saturated carbocycles. The van der Waals surface area contributed by atoms with Crippen molar-refractivity contribution in [3.8, 4) is 0 Å². The van der Waals surface area contributed by atoms with Crippen molar-refractivity contribution in [1.82, 2.24) is 5.43 Å². The molecule has 0 spiro atoms. The molecule has 4 nitrogen and oxygen atoms in total. The molecule has 0 aromatic heterocycles. The van der Waals surface area contributed by atoms with Gasteiger partial charge in [-0.25, -0.2) is 5.43 Å². The summed E-state index contributed by atoms with van der Waals surface area (Å²) in [4.78, 5) is 24.3. The first kappa shape index (κ1) is 13.5. The molecule has 106 valence electrons. The smallest absolute Gasteiger partial charge is 0.242 e. The topological polar surface area (TPSA) is 58.5 Å². The lowest BCUT2D eigenvalue weighted by molar-refractivity contribution is -0.124. The fourth-order valence-electron chi connectivity index (χ4n) is 2.50. The number of hydrazone groups is 1. The number of ketones is 1. The second-order valence-electron chi connectivity index (χ2n) is 5.28. The Morgan fingerprint density at radius 2 is 1.86 bits per heavy atom. The van der Waals surface area contributed by atoms with Gasteiger partial charge in [-0.05, 0) is 11.8 Å². The zero-order valence-corrected chi connectivity index (χ0v) is 12.0. The molecule has 0 bridgehead atoms. The minimum Gasteiger partial charge on any atom is -0.287 e. The lowest BCUT2D eigenvalue weighted by Gasteiger charge is -2.06. The second-order valence-corrected chi connectivity index (χ2v) is 5.28. The van der Waals surface area contributed by atoms with Gasteiger partial charge in [-0.3, -0.25) is 9.59 Å². The van der Waals surface area contributed by atoms with Crippen LogP contribution in [0.25, 0.3) is 10.8 Å². The van der Waals surface area contributed by atoms with Crippen LogP contribution in [0.15, 0.2) is 41.5 Å². The maximum Gasteiger partial charge on any atom is 0.242 e. The molecule has 1 unspecified atom stereocenters. The molecular weight excluding hydrogens is 264 g/mol. The van der Waals surface area contributed by atoms with Gasteiger partial charge < -0.3 is 0 Å². The molecular formula is C17H16N2O2. The van der Waals surface area contributed by atoms with Crippen LogP contribution in [-0.4, -0.2) is 17.4 Å². The van der Waals surface area contributed by atoms with E-state index in [0.29, 0.717) is 11.3 Å². The molecule has 21 heavy (non-hydrogen) atoms. The van der Waals surface area contributed by atoms with E-state index in [4.69, 9.17) is 0 Å². The summed E-state index contributed by atoms with van der Waals surface area (Å²) in [7, 11) is 0. The molecule has 1 atom stereocenters. The summed E-state index contributed by atoms with van der Waals surface area (Å²) in [5.74, 6) is -0.420. The summed E-state index contributed by atoms with van der Waals surface area (Å²) in [6.07, 6.45) is 0.737. The molecule has 1 aliphatic rings. The van der Waals surface area contributed by atoms with E-state index in [9.17, 15) is 9.59 Å². The maximum absolute atomic E-state index is 12.4. The van der Waals surface area contributed by atoms with Crippen molar-refractivity contribution in [2.45, 2.75) is 20.3 Å². The Balaban J connectivity index is 2.02. The molecule has 2 aromatic rings. The van der Waals surface area contributed by atoms with E-state index in [2.05, 4.69) is 10.5 Å². The van der Waals surface area contributed by atoms with Gasteiger partial charge in [-0.1, -0.05) is 50.2 Å². The molecule has 0 heterocycles. The Kier molecular flexibility index (Phi) is 3.29. The fraction of sp³-hybridized carbons (Fsp3) is 0.235. The Labute approximate surface area is 122 Å². The summed E-state index contributed by atoms with van der Waals surface area (Å²) in [5.41, 5.74) is 4.27. The van der Waals surface area contributed by atoms with Crippen molar-refractivity contribution in [2.75, 3.05) is 0 Å². The average molecular weight is 280 g/mol. The van der Waals surface area contributed by atoms with Gasteiger partial charge in [0.2, 0.25) is 11.7 Å². The second kappa shape index (κ2) is 5.13. The van der Waals surface area contributed by atoms with Crippen LogP contribution in [0.2, 0.25) is 0 Å². The zero-order chi connectivity index (χ0) is 15.0. The molecule has 4 heteroatoms. The summed E-state index contributed by atoms with van der Waals surface area (Å²) >= 11 is 0. The number of rotatable bonds is 3. The summed E-state index contributed by atoms with van der Waals surface area (Å²) in [6, 6.07) is 11.4. The van der Waals surface area contributed by atoms with E-state index in [1.54, 1.807) is 6.07 Å². The van der Waals surface area contributed by atoms with Crippen LogP contribution in [0.3, 0.4) is 0 Å². The predicted octanol–water partition coefficient (Wildman–Crippen LogP) is 2.90. The van der Waals surface area contributed by atoms with Crippen LogP contribution in [0.5, 0.6) is 0 Å². The van der Waals surface area contributed by atoms with Gasteiger partial charge in [-0.2, -0.15) is 5.10 Å². The first-order chi connectivity index (χ1) is 10.1. The van der Waals surface area contributed by atoms with Crippen molar-refractivity contribution in [1.29, 1.82) is 0 Å². The average Bonchev–Trinajstić information content (AvgIpc) is 2.79. The van der Waals surface area contributed by atoms with Gasteiger partial charge in [0.1, 0.15) is 5.71 Å². The van der Waals surface area contributed by atoms with E-state index >= 15 is 0 Å². The molecule has 0 saturated heterocycles. The number of Topliss-reactive ketones (excluding diaryl/α,β-unsaturated/α-hetero) is 1. The van der Waals surface area contributed by atoms with E-state index in [1.807, 2.05) is 44.2 Å². The van der Waals surface area contributed by atoms with Crippen molar-refractivity contribution in [2.24, 2.45) is 11.0 Å². The third-order valence-corrected chi connectivity index (χ3v) is 3.96. The number of hydrogen-bond donors (Lipinski definition) is 1. The van der Waals surface area contributed by atoms with Gasteiger partial charge in [0.25, 0.3) is 0 Å². The van der Waals surface area contributed by atoms with Gasteiger partial charge in [0, 0.05) is 22.4 Å². The maximum atomic E-state index is 12.4. The van der Waals surface area contributed by atoms with Crippen molar-refractivity contribution >= 4 is 28.2 Å². The SMILES string of the molecule is CCC(C)C(=O)NN=C1C(=O)c2cccc3cccc1c23. The molecule has 0 aliphatic heterocycles. The van der Waals surface area contributed by atoms with Gasteiger partial charge >= 0.3 is 0 Å². The van der Waals surface area contributed by atoms with E-state index < -0.39 is 0 Å². The predicted molar refractivity (Wildman–Crippen MR) is 82.4 cm³/mol. The third kappa shape index (κ3) is 2.13. The van der Waals surface area contributed by atoms with Gasteiger partial charge in [0.05, 0.1) is 0 Å². The molecule has 1 amide bonds. The zero-order valence-electron chi connectivity index (χ0n) is 12.0. The van der Waals surface area contributed by atoms with Crippen LogP contribution in [0.1, 0.15) is 36.2 Å². The highest BCUT2D eigenvalue weighted by Crippen LogP contribution is 2.30. The molecule has 0 radical (unpaired) electrons. The highest BCUT2D eigenvalue weighted by Gasteiger charge is 2.29. The van der Waals surface area contributed by atoms with E-state index in [1.165, 1.54) is 0 Å². The normalized spacial score (nSPS) is 16.5. The molecule has 3 rings (SSSR count). The monoisotopic (exact) mass is 280 g/mol. The van der Waals surface area contributed by atoms with Gasteiger partial charge in [-0.15, -0.1) is 0 Å². The first-order valence-corrected chi connectivity index (χ1v) is 7.07. The summed E-state index contributed by atoms with van der Waals surface area (Å²) < 4.78 is 0. The largest absolute Gasteiger partial charge is 0.287 e. The third-order valence-electron chi connectivity index (χ3n) is 3.96. The Bertz CT molecular complexity index is 772. The fourth-order valence-corrected chi connectivity index (χ4v) is 2.50. The number of carbonyl (C=O) groups excluding carboxylic acids is 2. The number of nitrogens with zero attached hydrogens (tertiary/aromatic N) is 1. The van der Waals surface area contributed by atoms with Crippen LogP contribution in [0.4, 0.5) is 0 Å².